The Labute approximate surface area is 110 Å². The SMILES string of the molecule is [C-]#[N+][C@H]1[C@H](c2cccc(OC(F)F)c2)CNC12CC2. The predicted octanol–water partition coefficient (Wildman–Crippen LogP) is 2.80. The molecule has 0 amide bonds. The minimum Gasteiger partial charge on any atom is -0.435 e. The number of ether oxygens (including phenoxy) is 1. The van der Waals surface area contributed by atoms with Crippen molar-refractivity contribution in [1.29, 1.82) is 0 Å². The van der Waals surface area contributed by atoms with Gasteiger partial charge < -0.3 is 14.9 Å². The van der Waals surface area contributed by atoms with Crippen molar-refractivity contribution in [2.24, 2.45) is 0 Å². The van der Waals surface area contributed by atoms with Crippen molar-refractivity contribution in [3.8, 4) is 5.75 Å². The first-order chi connectivity index (χ1) is 9.14. The molecule has 0 unspecified atom stereocenters. The molecule has 1 aromatic rings. The quantitative estimate of drug-likeness (QED) is 0.849. The molecule has 2 fully saturated rings. The van der Waals surface area contributed by atoms with Crippen LogP contribution in [0.5, 0.6) is 5.75 Å². The molecule has 0 radical (unpaired) electrons. The van der Waals surface area contributed by atoms with E-state index in [0.29, 0.717) is 0 Å². The molecule has 19 heavy (non-hydrogen) atoms. The van der Waals surface area contributed by atoms with Gasteiger partial charge in [0.25, 0.3) is 0 Å². The molecule has 1 heterocycles. The van der Waals surface area contributed by atoms with E-state index in [1.165, 1.54) is 6.07 Å². The zero-order chi connectivity index (χ0) is 13.5. The van der Waals surface area contributed by atoms with Crippen LogP contribution in [-0.2, 0) is 0 Å². The highest BCUT2D eigenvalue weighted by molar-refractivity contribution is 5.37. The third-order valence-corrected chi connectivity index (χ3v) is 4.06. The van der Waals surface area contributed by atoms with Gasteiger partial charge in [0.05, 0.1) is 11.5 Å². The highest BCUT2D eigenvalue weighted by Gasteiger charge is 2.61. The summed E-state index contributed by atoms with van der Waals surface area (Å²) >= 11 is 0. The first-order valence-electron chi connectivity index (χ1n) is 6.31. The number of hydrogen-bond donors (Lipinski definition) is 1. The molecule has 3 nitrogen and oxygen atoms in total. The smallest absolute Gasteiger partial charge is 0.387 e. The standard InChI is InChI=1S/C14H14F2N2O/c1-17-12-11(8-18-14(12)5-6-14)9-3-2-4-10(7-9)19-13(15)16/h2-4,7,11-13,18H,5-6,8H2/t11-,12-/m0/s1. The van der Waals surface area contributed by atoms with Gasteiger partial charge in [0.1, 0.15) is 5.75 Å². The van der Waals surface area contributed by atoms with Gasteiger partial charge in [-0.1, -0.05) is 12.1 Å². The average Bonchev–Trinajstić information content (AvgIpc) is 3.03. The van der Waals surface area contributed by atoms with Crippen LogP contribution in [0.4, 0.5) is 8.78 Å². The van der Waals surface area contributed by atoms with E-state index in [0.717, 1.165) is 24.9 Å². The van der Waals surface area contributed by atoms with Crippen LogP contribution in [0.3, 0.4) is 0 Å². The Morgan fingerprint density at radius 1 is 1.42 bits per heavy atom. The van der Waals surface area contributed by atoms with Crippen molar-refractivity contribution in [3.63, 3.8) is 0 Å². The summed E-state index contributed by atoms with van der Waals surface area (Å²) in [4.78, 5) is 3.75. The number of benzene rings is 1. The summed E-state index contributed by atoms with van der Waals surface area (Å²) in [6, 6.07) is 6.61. The number of rotatable bonds is 3. The summed E-state index contributed by atoms with van der Waals surface area (Å²) in [6.45, 7) is 5.29. The molecule has 2 atom stereocenters. The van der Waals surface area contributed by atoms with E-state index in [4.69, 9.17) is 6.57 Å². The van der Waals surface area contributed by atoms with Gasteiger partial charge in [-0.3, -0.25) is 0 Å². The number of nitrogens with one attached hydrogen (secondary N) is 1. The Morgan fingerprint density at radius 2 is 2.21 bits per heavy atom. The molecule has 5 heteroatoms. The lowest BCUT2D eigenvalue weighted by Gasteiger charge is -2.14. The topological polar surface area (TPSA) is 25.6 Å². The van der Waals surface area contributed by atoms with Crippen LogP contribution < -0.4 is 10.1 Å². The van der Waals surface area contributed by atoms with E-state index in [1.54, 1.807) is 12.1 Å². The molecular formula is C14H14F2N2O. The fourth-order valence-corrected chi connectivity index (χ4v) is 2.96. The molecule has 2 aliphatic rings. The van der Waals surface area contributed by atoms with Gasteiger partial charge >= 0.3 is 6.61 Å². The van der Waals surface area contributed by atoms with Gasteiger partial charge in [-0.2, -0.15) is 8.78 Å². The van der Waals surface area contributed by atoms with Gasteiger partial charge in [0.15, 0.2) is 0 Å². The van der Waals surface area contributed by atoms with Crippen molar-refractivity contribution in [1.82, 2.24) is 5.32 Å². The number of alkyl halides is 2. The molecule has 1 aliphatic carbocycles. The monoisotopic (exact) mass is 264 g/mol. The highest BCUT2D eigenvalue weighted by atomic mass is 19.3. The lowest BCUT2D eigenvalue weighted by atomic mass is 9.90. The van der Waals surface area contributed by atoms with Crippen LogP contribution in [-0.4, -0.2) is 24.7 Å². The third kappa shape index (κ3) is 2.17. The molecule has 100 valence electrons. The van der Waals surface area contributed by atoms with E-state index >= 15 is 0 Å². The fraction of sp³-hybridized carbons (Fsp3) is 0.500. The Morgan fingerprint density at radius 3 is 2.84 bits per heavy atom. The van der Waals surface area contributed by atoms with Crippen LogP contribution in [0.25, 0.3) is 4.85 Å². The zero-order valence-electron chi connectivity index (χ0n) is 10.3. The number of hydrogen-bond acceptors (Lipinski definition) is 2. The van der Waals surface area contributed by atoms with Gasteiger partial charge in [0, 0.05) is 6.54 Å². The second-order valence-corrected chi connectivity index (χ2v) is 5.17. The lowest BCUT2D eigenvalue weighted by Crippen LogP contribution is -2.31. The number of halogens is 2. The molecule has 1 aromatic carbocycles. The highest BCUT2D eigenvalue weighted by Crippen LogP contribution is 2.49. The largest absolute Gasteiger partial charge is 0.435 e. The van der Waals surface area contributed by atoms with Gasteiger partial charge in [-0.05, 0) is 30.5 Å². The normalized spacial score (nSPS) is 27.5. The van der Waals surface area contributed by atoms with Crippen molar-refractivity contribution in [3.05, 3.63) is 41.2 Å². The third-order valence-electron chi connectivity index (χ3n) is 4.06. The molecule has 1 N–H and O–H groups in total. The minimum atomic E-state index is -2.82. The van der Waals surface area contributed by atoms with Crippen molar-refractivity contribution in [2.45, 2.75) is 37.0 Å². The Bertz CT molecular complexity index is 522. The molecular weight excluding hydrogens is 250 g/mol. The maximum atomic E-state index is 12.2. The maximum Gasteiger partial charge on any atom is 0.387 e. The first kappa shape index (κ1) is 12.4. The Hall–Kier alpha value is -1.67. The summed E-state index contributed by atoms with van der Waals surface area (Å²) < 4.78 is 28.9. The van der Waals surface area contributed by atoms with Crippen molar-refractivity contribution in [2.75, 3.05) is 6.54 Å². The summed E-state index contributed by atoms with van der Waals surface area (Å²) in [5, 5.41) is 3.41. The van der Waals surface area contributed by atoms with Gasteiger partial charge in [0.2, 0.25) is 6.04 Å². The lowest BCUT2D eigenvalue weighted by molar-refractivity contribution is -0.0498. The zero-order valence-corrected chi connectivity index (χ0v) is 10.3. The molecule has 3 rings (SSSR count). The summed E-state index contributed by atoms with van der Waals surface area (Å²) in [5.41, 5.74) is 0.877. The Kier molecular flexibility index (Phi) is 2.90. The molecule has 0 bridgehead atoms. The molecule has 1 saturated carbocycles. The second-order valence-electron chi connectivity index (χ2n) is 5.17. The summed E-state index contributed by atoms with van der Waals surface area (Å²) in [7, 11) is 0. The fourth-order valence-electron chi connectivity index (χ4n) is 2.96. The minimum absolute atomic E-state index is 0.0218. The summed E-state index contributed by atoms with van der Waals surface area (Å²) in [5.74, 6) is 0.217. The van der Waals surface area contributed by atoms with Crippen LogP contribution in [0.15, 0.2) is 24.3 Å². The number of nitrogens with zero attached hydrogens (tertiary/aromatic N) is 1. The average molecular weight is 264 g/mol. The van der Waals surface area contributed by atoms with Crippen LogP contribution in [0.1, 0.15) is 24.3 Å². The van der Waals surface area contributed by atoms with Crippen molar-refractivity contribution >= 4 is 0 Å². The predicted molar refractivity (Wildman–Crippen MR) is 66.2 cm³/mol. The maximum absolute atomic E-state index is 12.2. The Balaban J connectivity index is 1.84. The molecule has 0 aromatic heterocycles. The first-order valence-corrected chi connectivity index (χ1v) is 6.31. The summed E-state index contributed by atoms with van der Waals surface area (Å²) in [6.07, 6.45) is 2.06. The second kappa shape index (κ2) is 4.46. The van der Waals surface area contributed by atoms with Gasteiger partial charge in [-0.15, -0.1) is 0 Å². The van der Waals surface area contributed by atoms with E-state index in [9.17, 15) is 8.78 Å². The van der Waals surface area contributed by atoms with Crippen LogP contribution >= 0.6 is 0 Å². The van der Waals surface area contributed by atoms with Crippen LogP contribution in [0.2, 0.25) is 0 Å². The van der Waals surface area contributed by atoms with Crippen LogP contribution in [0, 0.1) is 6.57 Å². The molecule has 1 aliphatic heterocycles. The molecule has 1 spiro atoms. The van der Waals surface area contributed by atoms with Gasteiger partial charge in [-0.25, -0.2) is 6.57 Å². The van der Waals surface area contributed by atoms with E-state index in [-0.39, 0.29) is 23.2 Å². The van der Waals surface area contributed by atoms with E-state index in [1.807, 2.05) is 6.07 Å². The van der Waals surface area contributed by atoms with E-state index < -0.39 is 6.61 Å². The molecule has 1 saturated heterocycles. The van der Waals surface area contributed by atoms with Crippen molar-refractivity contribution < 1.29 is 13.5 Å². The van der Waals surface area contributed by atoms with E-state index in [2.05, 4.69) is 14.9 Å².